The summed E-state index contributed by atoms with van der Waals surface area (Å²) in [7, 11) is 0. The van der Waals surface area contributed by atoms with Crippen LogP contribution in [0.15, 0.2) is 10.3 Å². The molecule has 30 heavy (non-hydrogen) atoms. The number of unbranched alkanes of at least 4 members (excludes halogenated alkanes) is 2. The zero-order valence-corrected chi connectivity index (χ0v) is 19.4. The molecule has 7 nitrogen and oxygen atoms in total. The Kier molecular flexibility index (Phi) is 108. The van der Waals surface area contributed by atoms with Gasteiger partial charge in [-0.2, -0.15) is 0 Å². The zero-order valence-electron chi connectivity index (χ0n) is 15.8. The molecule has 0 N–H and O–H groups in total. The molecule has 0 spiro atoms. The SMILES string of the molecule is CCCCC#CC1CCCCC(=C(Cl)Cl)O1.[C-]#[O+].[C-]#[O+].[C-]#[O+].[C-]#[O+].[C-]#[O+].[C-]#[O+].[Co].[Co]. The van der Waals surface area contributed by atoms with Crippen LogP contribution in [0.4, 0.5) is 0 Å². The molecule has 0 saturated carbocycles. The van der Waals surface area contributed by atoms with E-state index >= 15 is 0 Å². The van der Waals surface area contributed by atoms with Crippen LogP contribution >= 0.6 is 23.2 Å². The predicted octanol–water partition coefficient (Wildman–Crippen LogP) is 4.56. The van der Waals surface area contributed by atoms with Crippen molar-refractivity contribution in [2.24, 2.45) is 0 Å². The van der Waals surface area contributed by atoms with Crippen LogP contribution < -0.4 is 0 Å². The number of rotatable bonds is 2. The van der Waals surface area contributed by atoms with Gasteiger partial charge in [0.2, 0.25) is 0 Å². The molecule has 1 fully saturated rings. The average molecular weight is 547 g/mol. The van der Waals surface area contributed by atoms with Gasteiger partial charge in [0, 0.05) is 46.4 Å². The molecule has 0 bridgehead atoms. The molecule has 1 rings (SSSR count). The van der Waals surface area contributed by atoms with E-state index in [2.05, 4.69) is 58.7 Å². The van der Waals surface area contributed by atoms with Crippen LogP contribution in [0.2, 0.25) is 0 Å². The first-order valence-corrected chi connectivity index (χ1v) is 7.91. The number of halogens is 2. The van der Waals surface area contributed by atoms with Gasteiger partial charge in [-0.25, -0.2) is 0 Å². The van der Waals surface area contributed by atoms with Crippen molar-refractivity contribution in [2.75, 3.05) is 0 Å². The molecule has 0 aromatic heterocycles. The largest absolute Gasteiger partial charge is 0 e. The summed E-state index contributed by atoms with van der Waals surface area (Å²) < 4.78 is 50.9. The standard InChI is InChI=1S/C13H18Cl2O.6CO.2Co/c1-2-3-4-5-8-11-9-6-7-10-12(16-11)13(14)15;6*1-2;;/h11H,2-4,6-7,9-10H2,1H3;;;;;;;;. The monoisotopic (exact) mass is 546 g/mol. The Morgan fingerprint density at radius 2 is 1.33 bits per heavy atom. The van der Waals surface area contributed by atoms with Gasteiger partial charge in [0.05, 0.1) is 0 Å². The van der Waals surface area contributed by atoms with Crippen LogP contribution in [0.1, 0.15) is 51.9 Å². The van der Waals surface area contributed by atoms with Crippen molar-refractivity contribution in [3.63, 3.8) is 0 Å². The normalized spacial score (nSPS) is 11.3. The van der Waals surface area contributed by atoms with Gasteiger partial charge in [-0.3, -0.25) is 0 Å². The maximum atomic E-state index is 7.50. The van der Waals surface area contributed by atoms with E-state index in [1.807, 2.05) is 0 Å². The number of hydrogen-bond donors (Lipinski definition) is 0. The Hall–Kier alpha value is -0.867. The summed E-state index contributed by atoms with van der Waals surface area (Å²) >= 11 is 11.5. The zero-order chi connectivity index (χ0) is 23.8. The van der Waals surface area contributed by atoms with Crippen molar-refractivity contribution in [3.8, 4) is 11.8 Å². The summed E-state index contributed by atoms with van der Waals surface area (Å²) in [5.74, 6) is 7.02. The van der Waals surface area contributed by atoms with Crippen molar-refractivity contribution in [1.29, 1.82) is 0 Å². The summed E-state index contributed by atoms with van der Waals surface area (Å²) in [6, 6.07) is 0. The number of allylic oxidation sites excluding steroid dienone is 1. The first-order valence-electron chi connectivity index (χ1n) is 7.15. The molecule has 1 atom stereocenters. The predicted molar refractivity (Wildman–Crippen MR) is 93.0 cm³/mol. The van der Waals surface area contributed by atoms with Crippen molar-refractivity contribution >= 4 is 23.2 Å². The van der Waals surface area contributed by atoms with Gasteiger partial charge >= 0.3 is 67.8 Å². The first-order chi connectivity index (χ1) is 13.7. The van der Waals surface area contributed by atoms with Crippen LogP contribution in [0, 0.1) is 51.7 Å². The second-order valence-corrected chi connectivity index (χ2v) is 4.91. The van der Waals surface area contributed by atoms with Crippen molar-refractivity contribution in [1.82, 2.24) is 0 Å². The van der Waals surface area contributed by atoms with Crippen LogP contribution in [0.25, 0.3) is 0 Å². The van der Waals surface area contributed by atoms with Crippen molar-refractivity contribution in [3.05, 3.63) is 50.2 Å². The Balaban J connectivity index is -0.0000000498. The van der Waals surface area contributed by atoms with Crippen molar-refractivity contribution in [2.45, 2.75) is 58.0 Å². The summed E-state index contributed by atoms with van der Waals surface area (Å²) in [6.07, 6.45) is 7.26. The van der Waals surface area contributed by atoms with Gasteiger partial charge in [-0.05, 0) is 25.7 Å². The van der Waals surface area contributed by atoms with Gasteiger partial charge in [-0.15, -0.1) is 0 Å². The third-order valence-corrected chi connectivity index (χ3v) is 2.96. The molecule has 2 radical (unpaired) electrons. The van der Waals surface area contributed by atoms with E-state index in [1.54, 1.807) is 0 Å². The van der Waals surface area contributed by atoms with Crippen molar-refractivity contribution < 1.29 is 66.2 Å². The molecular weight excluding hydrogens is 529 g/mol. The molecule has 11 heteroatoms. The fourth-order valence-corrected chi connectivity index (χ4v) is 1.87. The third-order valence-electron chi connectivity index (χ3n) is 2.53. The fraction of sp³-hybridized carbons (Fsp3) is 0.474. The van der Waals surface area contributed by atoms with Gasteiger partial charge in [-0.1, -0.05) is 48.4 Å². The summed E-state index contributed by atoms with van der Waals surface area (Å²) in [5.41, 5.74) is 0. The Morgan fingerprint density at radius 3 is 1.70 bits per heavy atom. The van der Waals surface area contributed by atoms with E-state index in [-0.39, 0.29) is 44.2 Å². The van der Waals surface area contributed by atoms with E-state index in [9.17, 15) is 0 Å². The Morgan fingerprint density at radius 1 is 0.900 bits per heavy atom. The van der Waals surface area contributed by atoms with E-state index < -0.39 is 0 Å². The van der Waals surface area contributed by atoms with Crippen LogP contribution in [0.3, 0.4) is 0 Å². The van der Waals surface area contributed by atoms with E-state index in [1.165, 1.54) is 6.42 Å². The quantitative estimate of drug-likeness (QED) is 0.214. The van der Waals surface area contributed by atoms with Crippen LogP contribution in [-0.2, 0) is 66.2 Å². The molecule has 1 aliphatic rings. The van der Waals surface area contributed by atoms with E-state index in [0.717, 1.165) is 38.5 Å². The maximum Gasteiger partial charge on any atom is 0 e. The molecule has 0 aliphatic carbocycles. The molecule has 1 unspecified atom stereocenters. The summed E-state index contributed by atoms with van der Waals surface area (Å²) in [6.45, 7) is 29.2. The molecular formula is C19H18Cl2Co2O7. The fourth-order valence-electron chi connectivity index (χ4n) is 1.60. The van der Waals surface area contributed by atoms with Crippen LogP contribution in [0.5, 0.6) is 0 Å². The maximum absolute atomic E-state index is 7.50. The molecule has 1 heterocycles. The van der Waals surface area contributed by atoms with Crippen LogP contribution in [-0.4, -0.2) is 6.10 Å². The number of hydrogen-bond acceptors (Lipinski definition) is 1. The Bertz CT molecular complexity index is 492. The third kappa shape index (κ3) is 45.7. The van der Waals surface area contributed by atoms with Gasteiger partial charge in [0.25, 0.3) is 0 Å². The second-order valence-electron chi connectivity index (χ2n) is 3.96. The second kappa shape index (κ2) is 63.0. The molecule has 0 amide bonds. The smallest absolute Gasteiger partial charge is 0 e. The average Bonchev–Trinajstić information content (AvgIpc) is 3.06. The van der Waals surface area contributed by atoms with Gasteiger partial charge in [0.1, 0.15) is 10.3 Å². The topological polar surface area (TPSA) is 129 Å². The van der Waals surface area contributed by atoms with E-state index in [4.69, 9.17) is 55.9 Å². The number of ether oxygens (including phenoxy) is 1. The first kappa shape index (κ1) is 51.6. The Labute approximate surface area is 208 Å². The van der Waals surface area contributed by atoms with Gasteiger partial charge < -0.3 is 4.74 Å². The van der Waals surface area contributed by atoms with Gasteiger partial charge in [0.15, 0.2) is 6.10 Å². The molecule has 0 aromatic carbocycles. The molecule has 0 aromatic rings. The minimum Gasteiger partial charge on any atom is 0 e. The molecule has 1 aliphatic heterocycles. The van der Waals surface area contributed by atoms with E-state index in [0.29, 0.717) is 5.76 Å². The summed E-state index contributed by atoms with van der Waals surface area (Å²) in [5, 5.41) is 0. The molecule has 168 valence electrons. The minimum atomic E-state index is -0.0261. The summed E-state index contributed by atoms with van der Waals surface area (Å²) in [4.78, 5) is 0. The molecule has 1 saturated heterocycles. The minimum absolute atomic E-state index is 0.